The maximum atomic E-state index is 4.22. The topological polar surface area (TPSA) is 28.2 Å². The highest BCUT2D eigenvalue weighted by Crippen LogP contribution is 2.00. The van der Waals surface area contributed by atoms with Gasteiger partial charge in [0.2, 0.25) is 0 Å². The number of aromatic nitrogens is 1. The third kappa shape index (κ3) is 5.25. The van der Waals surface area contributed by atoms with Crippen molar-refractivity contribution in [3.8, 4) is 0 Å². The first-order valence-electron chi connectivity index (χ1n) is 5.48. The van der Waals surface area contributed by atoms with E-state index < -0.39 is 0 Å². The smallest absolute Gasteiger partial charge is 0.0795 e. The Labute approximate surface area is 96.5 Å². The molecule has 0 aliphatic heterocycles. The van der Waals surface area contributed by atoms with E-state index in [0.717, 1.165) is 25.3 Å². The zero-order chi connectivity index (χ0) is 11.1. The molecule has 0 unspecified atom stereocenters. The van der Waals surface area contributed by atoms with Gasteiger partial charge in [-0.3, -0.25) is 0 Å². The number of hydrogen-bond donors (Lipinski definition) is 1. The second-order valence-electron chi connectivity index (χ2n) is 4.08. The molecule has 3 nitrogen and oxygen atoms in total. The molecule has 0 saturated heterocycles. The van der Waals surface area contributed by atoms with Gasteiger partial charge in [0.1, 0.15) is 0 Å². The number of rotatable bonds is 7. The first-order chi connectivity index (χ1) is 7.20. The maximum Gasteiger partial charge on any atom is 0.0795 e. The van der Waals surface area contributed by atoms with Gasteiger partial charge in [-0.2, -0.15) is 0 Å². The summed E-state index contributed by atoms with van der Waals surface area (Å²) in [6.07, 6.45) is 1.19. The minimum atomic E-state index is 0.642. The lowest BCUT2D eigenvalue weighted by Crippen LogP contribution is -2.29. The second kappa shape index (κ2) is 6.93. The van der Waals surface area contributed by atoms with Crippen LogP contribution in [-0.4, -0.2) is 36.1 Å². The van der Waals surface area contributed by atoms with Crippen LogP contribution in [-0.2, 0) is 6.54 Å². The molecular weight excluding hydrogens is 206 g/mol. The molecule has 1 aromatic heterocycles. The number of nitrogens with one attached hydrogen (secondary N) is 1. The summed E-state index contributed by atoms with van der Waals surface area (Å²) in [6.45, 7) is 7.57. The van der Waals surface area contributed by atoms with Crippen LogP contribution in [0.15, 0.2) is 10.9 Å². The van der Waals surface area contributed by atoms with Gasteiger partial charge in [-0.1, -0.05) is 0 Å². The molecule has 0 fully saturated rings. The van der Waals surface area contributed by atoms with Crippen molar-refractivity contribution in [2.75, 3.05) is 20.1 Å². The lowest BCUT2D eigenvalue weighted by atomic mass is 10.3. The standard InChI is InChI=1S/C11H21N3S/c1-10(2)14(3)6-4-5-12-7-11-8-15-9-13-11/h8-10,12H,4-7H2,1-3H3. The predicted octanol–water partition coefficient (Wildman–Crippen LogP) is 1.96. The van der Waals surface area contributed by atoms with Crippen LogP contribution in [0.25, 0.3) is 0 Å². The first-order valence-corrected chi connectivity index (χ1v) is 6.42. The number of thiazole rings is 1. The molecule has 0 bridgehead atoms. The van der Waals surface area contributed by atoms with E-state index >= 15 is 0 Å². The highest BCUT2D eigenvalue weighted by molar-refractivity contribution is 7.07. The molecule has 1 aromatic rings. The van der Waals surface area contributed by atoms with Crippen LogP contribution in [0, 0.1) is 0 Å². The Balaban J connectivity index is 1.98. The zero-order valence-electron chi connectivity index (χ0n) is 9.86. The Morgan fingerprint density at radius 1 is 1.53 bits per heavy atom. The monoisotopic (exact) mass is 227 g/mol. The largest absolute Gasteiger partial charge is 0.311 e. The summed E-state index contributed by atoms with van der Waals surface area (Å²) in [5.74, 6) is 0. The lowest BCUT2D eigenvalue weighted by molar-refractivity contribution is 0.269. The Bertz CT molecular complexity index is 246. The van der Waals surface area contributed by atoms with Gasteiger partial charge in [-0.15, -0.1) is 11.3 Å². The van der Waals surface area contributed by atoms with Crippen LogP contribution in [0.1, 0.15) is 26.0 Å². The summed E-state index contributed by atoms with van der Waals surface area (Å²) in [7, 11) is 2.17. The molecule has 0 saturated carbocycles. The molecule has 0 aliphatic rings. The van der Waals surface area contributed by atoms with E-state index in [4.69, 9.17) is 0 Å². The summed E-state index contributed by atoms with van der Waals surface area (Å²) < 4.78 is 0. The molecular formula is C11H21N3S. The van der Waals surface area contributed by atoms with Crippen LogP contribution < -0.4 is 5.32 Å². The van der Waals surface area contributed by atoms with Gasteiger partial charge in [0.25, 0.3) is 0 Å². The normalized spacial score (nSPS) is 11.5. The van der Waals surface area contributed by atoms with Gasteiger partial charge < -0.3 is 10.2 Å². The molecule has 1 N–H and O–H groups in total. The molecule has 1 rings (SSSR count). The van der Waals surface area contributed by atoms with Crippen LogP contribution in [0.2, 0.25) is 0 Å². The molecule has 0 aromatic carbocycles. The Hall–Kier alpha value is -0.450. The number of nitrogens with zero attached hydrogens (tertiary/aromatic N) is 2. The SMILES string of the molecule is CC(C)N(C)CCCNCc1cscn1. The molecule has 0 spiro atoms. The Morgan fingerprint density at radius 3 is 2.93 bits per heavy atom. The van der Waals surface area contributed by atoms with Gasteiger partial charge in [-0.25, -0.2) is 4.98 Å². The maximum absolute atomic E-state index is 4.22. The molecule has 0 amide bonds. The van der Waals surface area contributed by atoms with E-state index in [0.29, 0.717) is 6.04 Å². The highest BCUT2D eigenvalue weighted by Gasteiger charge is 2.01. The van der Waals surface area contributed by atoms with Crippen molar-refractivity contribution in [3.05, 3.63) is 16.6 Å². The van der Waals surface area contributed by atoms with Crippen LogP contribution in [0.5, 0.6) is 0 Å². The highest BCUT2D eigenvalue weighted by atomic mass is 32.1. The van der Waals surface area contributed by atoms with Crippen molar-refractivity contribution < 1.29 is 0 Å². The molecule has 86 valence electrons. The van der Waals surface area contributed by atoms with Gasteiger partial charge in [-0.05, 0) is 40.4 Å². The minimum Gasteiger partial charge on any atom is -0.311 e. The molecule has 15 heavy (non-hydrogen) atoms. The first kappa shape index (κ1) is 12.6. The van der Waals surface area contributed by atoms with Crippen molar-refractivity contribution >= 4 is 11.3 Å². The molecule has 1 heterocycles. The fourth-order valence-corrected chi connectivity index (χ4v) is 1.81. The third-order valence-corrected chi connectivity index (χ3v) is 3.17. The van der Waals surface area contributed by atoms with E-state index in [1.807, 2.05) is 5.51 Å². The summed E-state index contributed by atoms with van der Waals surface area (Å²) >= 11 is 1.65. The van der Waals surface area contributed by atoms with Gasteiger partial charge >= 0.3 is 0 Å². The third-order valence-electron chi connectivity index (χ3n) is 2.54. The Morgan fingerprint density at radius 2 is 2.33 bits per heavy atom. The lowest BCUT2D eigenvalue weighted by Gasteiger charge is -2.20. The minimum absolute atomic E-state index is 0.642. The van der Waals surface area contributed by atoms with Crippen LogP contribution in [0.3, 0.4) is 0 Å². The molecule has 0 atom stereocenters. The molecule has 0 aliphatic carbocycles. The van der Waals surface area contributed by atoms with Crippen molar-refractivity contribution in [1.82, 2.24) is 15.2 Å². The Kier molecular flexibility index (Phi) is 5.83. The zero-order valence-corrected chi connectivity index (χ0v) is 10.7. The fraction of sp³-hybridized carbons (Fsp3) is 0.727. The summed E-state index contributed by atoms with van der Waals surface area (Å²) in [6, 6.07) is 0.642. The molecule has 0 radical (unpaired) electrons. The quantitative estimate of drug-likeness (QED) is 0.722. The van der Waals surface area contributed by atoms with E-state index in [1.54, 1.807) is 11.3 Å². The summed E-state index contributed by atoms with van der Waals surface area (Å²) in [5, 5.41) is 5.49. The van der Waals surface area contributed by atoms with E-state index in [9.17, 15) is 0 Å². The van der Waals surface area contributed by atoms with Crippen molar-refractivity contribution in [1.29, 1.82) is 0 Å². The second-order valence-corrected chi connectivity index (χ2v) is 4.80. The van der Waals surface area contributed by atoms with Gasteiger partial charge in [0.05, 0.1) is 11.2 Å². The average Bonchev–Trinajstić information content (AvgIpc) is 2.69. The van der Waals surface area contributed by atoms with Crippen molar-refractivity contribution in [2.45, 2.75) is 32.9 Å². The number of hydrogen-bond acceptors (Lipinski definition) is 4. The fourth-order valence-electron chi connectivity index (χ4n) is 1.25. The van der Waals surface area contributed by atoms with Gasteiger partial charge in [0, 0.05) is 18.0 Å². The average molecular weight is 227 g/mol. The summed E-state index contributed by atoms with van der Waals surface area (Å²) in [5.41, 5.74) is 3.03. The predicted molar refractivity (Wildman–Crippen MR) is 66.2 cm³/mol. The van der Waals surface area contributed by atoms with Crippen LogP contribution >= 0.6 is 11.3 Å². The van der Waals surface area contributed by atoms with E-state index in [1.165, 1.54) is 6.42 Å². The van der Waals surface area contributed by atoms with Gasteiger partial charge in [0.15, 0.2) is 0 Å². The van der Waals surface area contributed by atoms with E-state index in [2.05, 4.69) is 41.5 Å². The van der Waals surface area contributed by atoms with Crippen molar-refractivity contribution in [2.24, 2.45) is 0 Å². The van der Waals surface area contributed by atoms with E-state index in [-0.39, 0.29) is 0 Å². The summed E-state index contributed by atoms with van der Waals surface area (Å²) in [4.78, 5) is 6.59. The van der Waals surface area contributed by atoms with Crippen molar-refractivity contribution in [3.63, 3.8) is 0 Å². The van der Waals surface area contributed by atoms with Crippen LogP contribution in [0.4, 0.5) is 0 Å². The molecule has 4 heteroatoms.